The van der Waals surface area contributed by atoms with Crippen LogP contribution in [0.3, 0.4) is 0 Å². The SMILES string of the molecule is CC(C)C(C)(C)[B]CCCCCCCCCl. The first-order chi connectivity index (χ1) is 7.50. The Morgan fingerprint density at radius 2 is 1.44 bits per heavy atom. The van der Waals surface area contributed by atoms with Crippen LogP contribution in [0.5, 0.6) is 0 Å². The second-order valence-electron chi connectivity index (χ2n) is 5.78. The molecule has 0 aromatic rings. The van der Waals surface area contributed by atoms with Gasteiger partial charge in [0.15, 0.2) is 0 Å². The Labute approximate surface area is 109 Å². The average molecular weight is 244 g/mol. The van der Waals surface area contributed by atoms with E-state index >= 15 is 0 Å². The zero-order chi connectivity index (χ0) is 12.4. The average Bonchev–Trinajstić information content (AvgIpc) is 2.21. The highest BCUT2D eigenvalue weighted by molar-refractivity contribution is 6.39. The quantitative estimate of drug-likeness (QED) is 0.268. The van der Waals surface area contributed by atoms with E-state index in [1.165, 1.54) is 44.8 Å². The number of hydrogen-bond donors (Lipinski definition) is 0. The normalized spacial score (nSPS) is 12.1. The van der Waals surface area contributed by atoms with Crippen LogP contribution in [0.25, 0.3) is 0 Å². The molecule has 0 aromatic heterocycles. The predicted molar refractivity (Wildman–Crippen MR) is 77.9 cm³/mol. The number of halogens is 1. The van der Waals surface area contributed by atoms with Gasteiger partial charge < -0.3 is 0 Å². The van der Waals surface area contributed by atoms with E-state index in [0.717, 1.165) is 11.8 Å². The van der Waals surface area contributed by atoms with Crippen LogP contribution in [0, 0.1) is 5.92 Å². The van der Waals surface area contributed by atoms with Crippen molar-refractivity contribution in [3.05, 3.63) is 0 Å². The molecule has 0 fully saturated rings. The van der Waals surface area contributed by atoms with Gasteiger partial charge in [0.1, 0.15) is 7.28 Å². The summed E-state index contributed by atoms with van der Waals surface area (Å²) in [4.78, 5) is 0. The first-order valence-corrected chi connectivity index (χ1v) is 7.44. The van der Waals surface area contributed by atoms with Gasteiger partial charge in [0.05, 0.1) is 0 Å². The smallest absolute Gasteiger partial charge is 0.117 e. The molecule has 0 aliphatic heterocycles. The van der Waals surface area contributed by atoms with Crippen molar-refractivity contribution in [1.82, 2.24) is 0 Å². The van der Waals surface area contributed by atoms with Crippen LogP contribution < -0.4 is 0 Å². The van der Waals surface area contributed by atoms with E-state index < -0.39 is 0 Å². The maximum atomic E-state index is 5.64. The van der Waals surface area contributed by atoms with Crippen LogP contribution >= 0.6 is 11.6 Å². The van der Waals surface area contributed by atoms with Gasteiger partial charge in [-0.05, 0) is 12.3 Å². The van der Waals surface area contributed by atoms with Gasteiger partial charge >= 0.3 is 0 Å². The minimum atomic E-state index is 0.401. The fraction of sp³-hybridized carbons (Fsp3) is 1.00. The minimum Gasteiger partial charge on any atom is -0.127 e. The Kier molecular flexibility index (Phi) is 9.60. The second kappa shape index (κ2) is 9.39. The topological polar surface area (TPSA) is 0 Å². The summed E-state index contributed by atoms with van der Waals surface area (Å²) in [7, 11) is 2.51. The summed E-state index contributed by atoms with van der Waals surface area (Å²) in [5.41, 5.74) is 0. The van der Waals surface area contributed by atoms with Gasteiger partial charge in [0, 0.05) is 5.88 Å². The van der Waals surface area contributed by atoms with E-state index in [9.17, 15) is 0 Å². The van der Waals surface area contributed by atoms with Crippen molar-refractivity contribution < 1.29 is 0 Å². The summed E-state index contributed by atoms with van der Waals surface area (Å²) < 4.78 is 0. The molecule has 0 atom stereocenters. The number of hydrogen-bond acceptors (Lipinski definition) is 0. The van der Waals surface area contributed by atoms with E-state index in [1.807, 2.05) is 0 Å². The Bertz CT molecular complexity index is 155. The Morgan fingerprint density at radius 3 is 1.94 bits per heavy atom. The highest BCUT2D eigenvalue weighted by atomic mass is 35.5. The molecule has 0 nitrogen and oxygen atoms in total. The van der Waals surface area contributed by atoms with Crippen molar-refractivity contribution >= 4 is 18.9 Å². The maximum Gasteiger partial charge on any atom is 0.117 e. The third-order valence-corrected chi connectivity index (χ3v) is 4.01. The number of alkyl halides is 1. The standard InChI is InChI=1S/C14H29BCl/c1-13(2)14(3,4)15-11-9-7-5-6-8-10-12-16/h13H,5-12H2,1-4H3. The van der Waals surface area contributed by atoms with Gasteiger partial charge in [-0.1, -0.05) is 71.4 Å². The van der Waals surface area contributed by atoms with E-state index in [1.54, 1.807) is 0 Å². The summed E-state index contributed by atoms with van der Waals surface area (Å²) in [6, 6.07) is 0. The molecule has 0 aliphatic rings. The van der Waals surface area contributed by atoms with Gasteiger partial charge in [0.2, 0.25) is 0 Å². The summed E-state index contributed by atoms with van der Waals surface area (Å²) in [6.45, 7) is 9.31. The molecule has 0 unspecified atom stereocenters. The summed E-state index contributed by atoms with van der Waals surface area (Å²) in [5, 5.41) is 0.401. The second-order valence-corrected chi connectivity index (χ2v) is 6.16. The Balaban J connectivity index is 3.27. The molecule has 95 valence electrons. The van der Waals surface area contributed by atoms with Gasteiger partial charge in [-0.3, -0.25) is 0 Å². The highest BCUT2D eigenvalue weighted by Gasteiger charge is 2.21. The number of unbranched alkanes of at least 4 members (excludes halogenated alkanes) is 5. The minimum absolute atomic E-state index is 0.401. The molecule has 0 saturated heterocycles. The summed E-state index contributed by atoms with van der Waals surface area (Å²) in [6.07, 6.45) is 9.26. The van der Waals surface area contributed by atoms with Crippen molar-refractivity contribution in [1.29, 1.82) is 0 Å². The van der Waals surface area contributed by atoms with Crippen LogP contribution in [-0.4, -0.2) is 13.2 Å². The molecular weight excluding hydrogens is 214 g/mol. The Hall–Kier alpha value is 0.355. The van der Waals surface area contributed by atoms with Crippen LogP contribution in [0.15, 0.2) is 0 Å². The van der Waals surface area contributed by atoms with Crippen molar-refractivity contribution in [3.8, 4) is 0 Å². The van der Waals surface area contributed by atoms with E-state index in [4.69, 9.17) is 11.6 Å². The molecule has 0 amide bonds. The molecule has 0 spiro atoms. The lowest BCUT2D eigenvalue weighted by molar-refractivity contribution is 0.471. The lowest BCUT2D eigenvalue weighted by atomic mass is 9.48. The van der Waals surface area contributed by atoms with Crippen molar-refractivity contribution in [2.75, 3.05) is 5.88 Å². The predicted octanol–water partition coefficient (Wildman–Crippen LogP) is 5.54. The van der Waals surface area contributed by atoms with E-state index in [-0.39, 0.29) is 0 Å². The van der Waals surface area contributed by atoms with Crippen LogP contribution in [0.4, 0.5) is 0 Å². The van der Waals surface area contributed by atoms with E-state index in [0.29, 0.717) is 5.31 Å². The largest absolute Gasteiger partial charge is 0.127 e. The molecule has 0 aromatic carbocycles. The van der Waals surface area contributed by atoms with Gasteiger partial charge in [0.25, 0.3) is 0 Å². The fourth-order valence-electron chi connectivity index (χ4n) is 1.66. The molecule has 2 heteroatoms. The first-order valence-electron chi connectivity index (χ1n) is 6.91. The summed E-state index contributed by atoms with van der Waals surface area (Å²) in [5.74, 6) is 1.58. The third-order valence-electron chi connectivity index (χ3n) is 3.75. The van der Waals surface area contributed by atoms with Gasteiger partial charge in [-0.15, -0.1) is 11.6 Å². The molecule has 0 N–H and O–H groups in total. The van der Waals surface area contributed by atoms with Crippen LogP contribution in [0.2, 0.25) is 11.6 Å². The molecule has 0 aliphatic carbocycles. The summed E-state index contributed by atoms with van der Waals surface area (Å²) >= 11 is 5.64. The van der Waals surface area contributed by atoms with Gasteiger partial charge in [-0.25, -0.2) is 0 Å². The van der Waals surface area contributed by atoms with Crippen LogP contribution in [0.1, 0.15) is 66.2 Å². The fourth-order valence-corrected chi connectivity index (χ4v) is 1.84. The third kappa shape index (κ3) is 8.50. The lowest BCUT2D eigenvalue weighted by Crippen LogP contribution is -2.19. The molecule has 0 heterocycles. The monoisotopic (exact) mass is 243 g/mol. The molecule has 1 radical (unpaired) electrons. The molecular formula is C14H29BCl. The first kappa shape index (κ1) is 16.4. The van der Waals surface area contributed by atoms with Crippen LogP contribution in [-0.2, 0) is 0 Å². The van der Waals surface area contributed by atoms with Gasteiger partial charge in [-0.2, -0.15) is 0 Å². The Morgan fingerprint density at radius 1 is 0.938 bits per heavy atom. The highest BCUT2D eigenvalue weighted by Crippen LogP contribution is 2.34. The molecule has 0 bridgehead atoms. The van der Waals surface area contributed by atoms with Crippen molar-refractivity contribution in [2.24, 2.45) is 5.92 Å². The zero-order valence-corrected chi connectivity index (χ0v) is 12.4. The molecule has 16 heavy (non-hydrogen) atoms. The molecule has 0 saturated carbocycles. The molecule has 0 rings (SSSR count). The van der Waals surface area contributed by atoms with E-state index in [2.05, 4.69) is 35.0 Å². The number of rotatable bonds is 10. The maximum absolute atomic E-state index is 5.64. The lowest BCUT2D eigenvalue weighted by Gasteiger charge is -2.28. The zero-order valence-electron chi connectivity index (χ0n) is 11.7. The van der Waals surface area contributed by atoms with Crippen molar-refractivity contribution in [2.45, 2.75) is 77.9 Å². The van der Waals surface area contributed by atoms with Crippen molar-refractivity contribution in [3.63, 3.8) is 0 Å².